The van der Waals surface area contributed by atoms with Crippen LogP contribution in [-0.2, 0) is 11.3 Å². The zero-order valence-electron chi connectivity index (χ0n) is 16.8. The molecule has 3 rings (SSSR count). The van der Waals surface area contributed by atoms with Gasteiger partial charge in [-0.1, -0.05) is 54.1 Å². The van der Waals surface area contributed by atoms with Crippen LogP contribution in [0.3, 0.4) is 0 Å². The Morgan fingerprint density at radius 1 is 1.14 bits per heavy atom. The number of amides is 1. The molecule has 1 heterocycles. The minimum Gasteiger partial charge on any atom is -0.379 e. The van der Waals surface area contributed by atoms with Crippen molar-refractivity contribution in [3.8, 4) is 11.3 Å². The lowest BCUT2D eigenvalue weighted by Crippen LogP contribution is -2.25. The van der Waals surface area contributed by atoms with Crippen molar-refractivity contribution >= 4 is 17.5 Å². The molecule has 1 aromatic heterocycles. The molecule has 0 atom stereocenters. The fourth-order valence-corrected chi connectivity index (χ4v) is 3.07. The van der Waals surface area contributed by atoms with Gasteiger partial charge in [0.2, 0.25) is 0 Å². The Bertz CT molecular complexity index is 921. The van der Waals surface area contributed by atoms with E-state index in [1.165, 1.54) is 0 Å². The first kappa shape index (κ1) is 21.1. The highest BCUT2D eigenvalue weighted by Gasteiger charge is 2.18. The van der Waals surface area contributed by atoms with E-state index in [0.717, 1.165) is 17.5 Å². The highest BCUT2D eigenvalue weighted by molar-refractivity contribution is 6.30. The summed E-state index contributed by atoms with van der Waals surface area (Å²) in [6.45, 7) is 5.76. The molecule has 0 aliphatic rings. The number of hydrogen-bond acceptors (Lipinski definition) is 3. The summed E-state index contributed by atoms with van der Waals surface area (Å²) in [6, 6.07) is 17.4. The van der Waals surface area contributed by atoms with Crippen LogP contribution in [0, 0.1) is 0 Å². The summed E-state index contributed by atoms with van der Waals surface area (Å²) in [5, 5.41) is 8.30. The molecule has 0 aliphatic heterocycles. The molecule has 0 spiro atoms. The van der Waals surface area contributed by atoms with Crippen molar-refractivity contribution in [2.45, 2.75) is 32.9 Å². The molecule has 29 heavy (non-hydrogen) atoms. The van der Waals surface area contributed by atoms with Gasteiger partial charge in [-0.05, 0) is 38.0 Å². The van der Waals surface area contributed by atoms with Gasteiger partial charge in [0.05, 0.1) is 18.2 Å². The molecular formula is C23H26ClN3O2. The maximum absolute atomic E-state index is 12.8. The molecule has 6 heteroatoms. The second kappa shape index (κ2) is 10.2. The summed E-state index contributed by atoms with van der Waals surface area (Å²) in [7, 11) is 0. The van der Waals surface area contributed by atoms with Crippen molar-refractivity contribution in [2.24, 2.45) is 0 Å². The van der Waals surface area contributed by atoms with E-state index in [4.69, 9.17) is 16.3 Å². The SMILES string of the molecule is CC(C)OCCCNC(=O)c1cn(Cc2ccccc2)nc1-c1ccc(Cl)cc1. The molecular weight excluding hydrogens is 386 g/mol. The van der Waals surface area contributed by atoms with Crippen LogP contribution in [0.4, 0.5) is 0 Å². The summed E-state index contributed by atoms with van der Waals surface area (Å²) in [6.07, 6.45) is 2.76. The van der Waals surface area contributed by atoms with E-state index in [9.17, 15) is 4.79 Å². The predicted molar refractivity (Wildman–Crippen MR) is 116 cm³/mol. The van der Waals surface area contributed by atoms with Crippen LogP contribution in [-0.4, -0.2) is 34.9 Å². The Hall–Kier alpha value is -2.63. The minimum atomic E-state index is -0.140. The van der Waals surface area contributed by atoms with Gasteiger partial charge in [0, 0.05) is 29.9 Å². The Morgan fingerprint density at radius 2 is 1.86 bits per heavy atom. The largest absolute Gasteiger partial charge is 0.379 e. The van der Waals surface area contributed by atoms with Gasteiger partial charge in [-0.2, -0.15) is 5.10 Å². The van der Waals surface area contributed by atoms with E-state index in [1.807, 2.05) is 56.3 Å². The fourth-order valence-electron chi connectivity index (χ4n) is 2.95. The molecule has 0 unspecified atom stereocenters. The minimum absolute atomic E-state index is 0.140. The number of carbonyl (C=O) groups excluding carboxylic acids is 1. The molecule has 0 saturated carbocycles. The molecule has 3 aromatic rings. The van der Waals surface area contributed by atoms with Gasteiger partial charge in [-0.25, -0.2) is 0 Å². The summed E-state index contributed by atoms with van der Waals surface area (Å²) >= 11 is 6.02. The zero-order valence-corrected chi connectivity index (χ0v) is 17.5. The number of rotatable bonds is 9. The number of nitrogens with one attached hydrogen (secondary N) is 1. The summed E-state index contributed by atoms with van der Waals surface area (Å²) in [5.74, 6) is -0.140. The van der Waals surface area contributed by atoms with E-state index in [1.54, 1.807) is 23.0 Å². The van der Waals surface area contributed by atoms with Crippen molar-refractivity contribution in [1.82, 2.24) is 15.1 Å². The van der Waals surface area contributed by atoms with Gasteiger partial charge in [0.25, 0.3) is 5.91 Å². The van der Waals surface area contributed by atoms with Crippen LogP contribution >= 0.6 is 11.6 Å². The number of aromatic nitrogens is 2. The average Bonchev–Trinajstić information content (AvgIpc) is 3.12. The van der Waals surface area contributed by atoms with Crippen LogP contribution in [0.15, 0.2) is 60.8 Å². The molecule has 0 radical (unpaired) electrons. The highest BCUT2D eigenvalue weighted by atomic mass is 35.5. The maximum atomic E-state index is 12.8. The van der Waals surface area contributed by atoms with E-state index < -0.39 is 0 Å². The van der Waals surface area contributed by atoms with E-state index in [2.05, 4.69) is 10.4 Å². The van der Waals surface area contributed by atoms with Gasteiger partial charge in [0.15, 0.2) is 0 Å². The van der Waals surface area contributed by atoms with Crippen LogP contribution in [0.1, 0.15) is 36.2 Å². The second-order valence-corrected chi connectivity index (χ2v) is 7.55. The van der Waals surface area contributed by atoms with Crippen molar-refractivity contribution in [1.29, 1.82) is 0 Å². The Labute approximate surface area is 176 Å². The monoisotopic (exact) mass is 411 g/mol. The van der Waals surface area contributed by atoms with Crippen molar-refractivity contribution < 1.29 is 9.53 Å². The average molecular weight is 412 g/mol. The van der Waals surface area contributed by atoms with Gasteiger partial charge < -0.3 is 10.1 Å². The third-order valence-corrected chi connectivity index (χ3v) is 4.62. The number of carbonyl (C=O) groups is 1. The van der Waals surface area contributed by atoms with Crippen LogP contribution in [0.25, 0.3) is 11.3 Å². The third kappa shape index (κ3) is 6.17. The van der Waals surface area contributed by atoms with Crippen molar-refractivity contribution in [3.63, 3.8) is 0 Å². The third-order valence-electron chi connectivity index (χ3n) is 4.37. The van der Waals surface area contributed by atoms with E-state index >= 15 is 0 Å². The van der Waals surface area contributed by atoms with Crippen LogP contribution < -0.4 is 5.32 Å². The maximum Gasteiger partial charge on any atom is 0.255 e. The Kier molecular flexibility index (Phi) is 7.44. The van der Waals surface area contributed by atoms with Crippen molar-refractivity contribution in [2.75, 3.05) is 13.2 Å². The standard InChI is InChI=1S/C23H26ClN3O2/c1-17(2)29-14-6-13-25-23(28)21-16-27(15-18-7-4-3-5-8-18)26-22(21)19-9-11-20(24)12-10-19/h3-5,7-12,16-17H,6,13-15H2,1-2H3,(H,25,28). The zero-order chi connectivity index (χ0) is 20.6. The number of benzene rings is 2. The number of hydrogen-bond donors (Lipinski definition) is 1. The van der Waals surface area contributed by atoms with Crippen LogP contribution in [0.5, 0.6) is 0 Å². The normalized spacial score (nSPS) is 11.0. The molecule has 0 bridgehead atoms. The molecule has 0 aliphatic carbocycles. The van der Waals surface area contributed by atoms with Gasteiger partial charge in [-0.3, -0.25) is 9.48 Å². The highest BCUT2D eigenvalue weighted by Crippen LogP contribution is 2.24. The lowest BCUT2D eigenvalue weighted by Gasteiger charge is -2.08. The predicted octanol–water partition coefficient (Wildman–Crippen LogP) is 4.80. The smallest absolute Gasteiger partial charge is 0.255 e. The van der Waals surface area contributed by atoms with Gasteiger partial charge >= 0.3 is 0 Å². The molecule has 0 saturated heterocycles. The Morgan fingerprint density at radius 3 is 2.55 bits per heavy atom. The van der Waals surface area contributed by atoms with E-state index in [0.29, 0.717) is 36.0 Å². The lowest BCUT2D eigenvalue weighted by molar-refractivity contribution is 0.0757. The number of ether oxygens (including phenoxy) is 1. The first-order valence-electron chi connectivity index (χ1n) is 9.80. The topological polar surface area (TPSA) is 56.1 Å². The summed E-state index contributed by atoms with van der Waals surface area (Å²) in [4.78, 5) is 12.8. The van der Waals surface area contributed by atoms with Gasteiger partial charge in [0.1, 0.15) is 5.69 Å². The molecule has 2 aromatic carbocycles. The molecule has 152 valence electrons. The number of halogens is 1. The van der Waals surface area contributed by atoms with Crippen LogP contribution in [0.2, 0.25) is 5.02 Å². The first-order valence-corrected chi connectivity index (χ1v) is 10.2. The quantitative estimate of drug-likeness (QED) is 0.515. The van der Waals surface area contributed by atoms with Gasteiger partial charge in [-0.15, -0.1) is 0 Å². The Balaban J connectivity index is 1.77. The summed E-state index contributed by atoms with van der Waals surface area (Å²) < 4.78 is 7.33. The molecule has 1 amide bonds. The first-order chi connectivity index (χ1) is 14.0. The fraction of sp³-hybridized carbons (Fsp3) is 0.304. The second-order valence-electron chi connectivity index (χ2n) is 7.11. The number of nitrogens with zero attached hydrogens (tertiary/aromatic N) is 2. The molecule has 1 N–H and O–H groups in total. The van der Waals surface area contributed by atoms with Crippen molar-refractivity contribution in [3.05, 3.63) is 76.9 Å². The molecule has 5 nitrogen and oxygen atoms in total. The molecule has 0 fully saturated rings. The summed E-state index contributed by atoms with van der Waals surface area (Å²) in [5.41, 5.74) is 3.17. The lowest BCUT2D eigenvalue weighted by atomic mass is 10.1. The van der Waals surface area contributed by atoms with E-state index in [-0.39, 0.29) is 12.0 Å².